The van der Waals surface area contributed by atoms with E-state index in [0.29, 0.717) is 0 Å². The minimum absolute atomic E-state index is 0.0330. The van der Waals surface area contributed by atoms with Gasteiger partial charge in [0.05, 0.1) is 0 Å². The summed E-state index contributed by atoms with van der Waals surface area (Å²) >= 11 is 0. The summed E-state index contributed by atoms with van der Waals surface area (Å²) < 4.78 is 1.72. The number of primary amides is 1. The van der Waals surface area contributed by atoms with Crippen molar-refractivity contribution in [2.75, 3.05) is 0 Å². The first-order valence-electron chi connectivity index (χ1n) is 5.00. The lowest BCUT2D eigenvalue weighted by Gasteiger charge is -2.07. The van der Waals surface area contributed by atoms with E-state index in [2.05, 4.69) is 20.1 Å². The van der Waals surface area contributed by atoms with E-state index in [4.69, 9.17) is 5.73 Å². The molecule has 1 aliphatic heterocycles. The van der Waals surface area contributed by atoms with E-state index in [1.54, 1.807) is 17.1 Å². The first kappa shape index (κ1) is 9.08. The largest absolute Gasteiger partial charge is 0.363 e. The highest BCUT2D eigenvalue weighted by molar-refractivity contribution is 5.88. The molecule has 3 heterocycles. The van der Waals surface area contributed by atoms with Crippen LogP contribution < -0.4 is 5.73 Å². The van der Waals surface area contributed by atoms with Crippen LogP contribution >= 0.6 is 0 Å². The third kappa shape index (κ3) is 1.21. The SMILES string of the molecule is NC(=O)c1nc2n(n1)C(c1ncc[nH]1)CC2. The minimum Gasteiger partial charge on any atom is -0.363 e. The van der Waals surface area contributed by atoms with Gasteiger partial charge in [0.1, 0.15) is 17.7 Å². The molecule has 0 aromatic carbocycles. The number of H-pyrrole nitrogens is 1. The zero-order valence-electron chi connectivity index (χ0n) is 8.42. The van der Waals surface area contributed by atoms with Crippen molar-refractivity contribution in [2.24, 2.45) is 5.73 Å². The summed E-state index contributed by atoms with van der Waals surface area (Å²) in [4.78, 5) is 22.3. The number of carbonyl (C=O) groups excluding carboxylic acids is 1. The third-order valence-electron chi connectivity index (χ3n) is 2.69. The molecule has 0 aliphatic carbocycles. The first-order chi connectivity index (χ1) is 7.75. The number of nitrogens with zero attached hydrogens (tertiary/aromatic N) is 4. The molecule has 0 saturated heterocycles. The zero-order chi connectivity index (χ0) is 11.1. The third-order valence-corrected chi connectivity index (χ3v) is 2.69. The van der Waals surface area contributed by atoms with E-state index >= 15 is 0 Å². The molecule has 3 rings (SSSR count). The van der Waals surface area contributed by atoms with Gasteiger partial charge in [0.2, 0.25) is 5.82 Å². The molecule has 2 aromatic heterocycles. The molecule has 1 atom stereocenters. The Hall–Kier alpha value is -2.18. The minimum atomic E-state index is -0.597. The van der Waals surface area contributed by atoms with E-state index in [-0.39, 0.29) is 11.9 Å². The van der Waals surface area contributed by atoms with Crippen molar-refractivity contribution in [3.05, 3.63) is 29.9 Å². The van der Waals surface area contributed by atoms with Crippen molar-refractivity contribution in [2.45, 2.75) is 18.9 Å². The Labute approximate surface area is 90.7 Å². The molecule has 1 unspecified atom stereocenters. The van der Waals surface area contributed by atoms with Gasteiger partial charge < -0.3 is 10.7 Å². The molecule has 1 amide bonds. The van der Waals surface area contributed by atoms with E-state index in [1.165, 1.54) is 0 Å². The van der Waals surface area contributed by atoms with Gasteiger partial charge in [-0.05, 0) is 6.42 Å². The highest BCUT2D eigenvalue weighted by atomic mass is 16.1. The summed E-state index contributed by atoms with van der Waals surface area (Å²) in [6, 6.07) is 0.0330. The van der Waals surface area contributed by atoms with Crippen LogP contribution in [-0.4, -0.2) is 30.6 Å². The van der Waals surface area contributed by atoms with Gasteiger partial charge in [0.25, 0.3) is 5.91 Å². The average molecular weight is 218 g/mol. The van der Waals surface area contributed by atoms with Gasteiger partial charge in [-0.15, -0.1) is 5.10 Å². The average Bonchev–Trinajstić information content (AvgIpc) is 2.92. The molecular weight excluding hydrogens is 208 g/mol. The van der Waals surface area contributed by atoms with Crippen molar-refractivity contribution in [1.82, 2.24) is 24.7 Å². The predicted molar refractivity (Wildman–Crippen MR) is 53.6 cm³/mol. The maximum atomic E-state index is 11.0. The summed E-state index contributed by atoms with van der Waals surface area (Å²) in [7, 11) is 0. The molecule has 0 bridgehead atoms. The van der Waals surface area contributed by atoms with Gasteiger partial charge in [0, 0.05) is 18.8 Å². The Kier molecular flexibility index (Phi) is 1.79. The van der Waals surface area contributed by atoms with Crippen molar-refractivity contribution in [1.29, 1.82) is 0 Å². The number of nitrogens with two attached hydrogens (primary N) is 1. The van der Waals surface area contributed by atoms with Gasteiger partial charge in [-0.3, -0.25) is 4.79 Å². The van der Waals surface area contributed by atoms with E-state index in [0.717, 1.165) is 24.5 Å². The van der Waals surface area contributed by atoms with Crippen LogP contribution in [-0.2, 0) is 6.42 Å². The number of nitrogens with one attached hydrogen (secondary N) is 1. The first-order valence-corrected chi connectivity index (χ1v) is 5.00. The molecule has 2 aromatic rings. The number of imidazole rings is 1. The zero-order valence-corrected chi connectivity index (χ0v) is 8.42. The van der Waals surface area contributed by atoms with Crippen LogP contribution in [0.3, 0.4) is 0 Å². The Morgan fingerprint density at radius 2 is 2.50 bits per heavy atom. The normalized spacial score (nSPS) is 18.6. The molecule has 0 saturated carbocycles. The van der Waals surface area contributed by atoms with Crippen molar-refractivity contribution in [3.8, 4) is 0 Å². The Balaban J connectivity index is 2.02. The van der Waals surface area contributed by atoms with Crippen LogP contribution in [0.25, 0.3) is 0 Å². The summed E-state index contributed by atoms with van der Waals surface area (Å²) in [6.07, 6.45) is 5.13. The second-order valence-electron chi connectivity index (χ2n) is 3.69. The number of amides is 1. The van der Waals surface area contributed by atoms with Crippen LogP contribution in [0.2, 0.25) is 0 Å². The fraction of sp³-hybridized carbons (Fsp3) is 0.333. The summed E-state index contributed by atoms with van der Waals surface area (Å²) in [5.41, 5.74) is 5.14. The monoisotopic (exact) mass is 218 g/mol. The fourth-order valence-electron chi connectivity index (χ4n) is 1.98. The number of hydrogen-bond donors (Lipinski definition) is 2. The molecule has 82 valence electrons. The van der Waals surface area contributed by atoms with E-state index in [9.17, 15) is 4.79 Å². The number of hydrogen-bond acceptors (Lipinski definition) is 4. The fourth-order valence-corrected chi connectivity index (χ4v) is 1.98. The van der Waals surface area contributed by atoms with Crippen molar-refractivity contribution < 1.29 is 4.79 Å². The second-order valence-corrected chi connectivity index (χ2v) is 3.69. The number of carbonyl (C=O) groups is 1. The predicted octanol–water partition coefficient (Wildman–Crippen LogP) is -0.364. The van der Waals surface area contributed by atoms with Crippen LogP contribution in [0, 0.1) is 0 Å². The maximum Gasteiger partial charge on any atom is 0.288 e. The second kappa shape index (κ2) is 3.16. The molecular formula is C9H10N6O. The molecule has 7 nitrogen and oxygen atoms in total. The van der Waals surface area contributed by atoms with Crippen LogP contribution in [0.4, 0.5) is 0 Å². The quantitative estimate of drug-likeness (QED) is 0.718. The van der Waals surface area contributed by atoms with Crippen LogP contribution in [0.1, 0.15) is 34.7 Å². The van der Waals surface area contributed by atoms with Gasteiger partial charge in [0.15, 0.2) is 0 Å². The number of fused-ring (bicyclic) bond motifs is 1. The molecule has 0 radical (unpaired) electrons. The Morgan fingerprint density at radius 3 is 3.19 bits per heavy atom. The van der Waals surface area contributed by atoms with Gasteiger partial charge in [-0.1, -0.05) is 0 Å². The topological polar surface area (TPSA) is 102 Å². The van der Waals surface area contributed by atoms with E-state index < -0.39 is 5.91 Å². The number of aryl methyl sites for hydroxylation is 1. The number of aromatic nitrogens is 5. The summed E-state index contributed by atoms with van der Waals surface area (Å²) in [6.45, 7) is 0. The van der Waals surface area contributed by atoms with Gasteiger partial charge in [-0.2, -0.15) is 0 Å². The highest BCUT2D eigenvalue weighted by Gasteiger charge is 2.29. The lowest BCUT2D eigenvalue weighted by molar-refractivity contribution is 0.0990. The summed E-state index contributed by atoms with van der Waals surface area (Å²) in [5.74, 6) is 1.10. The molecule has 16 heavy (non-hydrogen) atoms. The molecule has 1 aliphatic rings. The molecule has 7 heteroatoms. The van der Waals surface area contributed by atoms with Crippen LogP contribution in [0.15, 0.2) is 12.4 Å². The summed E-state index contributed by atoms with van der Waals surface area (Å²) in [5, 5.41) is 4.10. The molecule has 3 N–H and O–H groups in total. The van der Waals surface area contributed by atoms with Crippen molar-refractivity contribution in [3.63, 3.8) is 0 Å². The molecule has 0 fully saturated rings. The standard InChI is InChI=1S/C9H10N6O/c10-7(16)9-13-6-2-1-5(15(6)14-9)8-11-3-4-12-8/h3-5H,1-2H2,(H2,10,16)(H,11,12). The Bertz CT molecular complexity index is 528. The van der Waals surface area contributed by atoms with E-state index in [1.807, 2.05) is 0 Å². The maximum absolute atomic E-state index is 11.0. The van der Waals surface area contributed by atoms with Crippen molar-refractivity contribution >= 4 is 5.91 Å². The Morgan fingerprint density at radius 1 is 1.62 bits per heavy atom. The lowest BCUT2D eigenvalue weighted by Crippen LogP contribution is -2.15. The number of aromatic amines is 1. The lowest BCUT2D eigenvalue weighted by atomic mass is 10.2. The smallest absolute Gasteiger partial charge is 0.288 e. The van der Waals surface area contributed by atoms with Crippen LogP contribution in [0.5, 0.6) is 0 Å². The number of rotatable bonds is 2. The highest BCUT2D eigenvalue weighted by Crippen LogP contribution is 2.27. The van der Waals surface area contributed by atoms with Gasteiger partial charge >= 0.3 is 0 Å². The van der Waals surface area contributed by atoms with Gasteiger partial charge in [-0.25, -0.2) is 14.6 Å². The molecule has 0 spiro atoms.